The van der Waals surface area contributed by atoms with E-state index in [1.807, 2.05) is 0 Å². The van der Waals surface area contributed by atoms with Crippen LogP contribution in [0.3, 0.4) is 0 Å². The van der Waals surface area contributed by atoms with Crippen molar-refractivity contribution < 1.29 is 9.47 Å². The van der Waals surface area contributed by atoms with E-state index in [4.69, 9.17) is 21.1 Å². The van der Waals surface area contributed by atoms with E-state index in [1.165, 1.54) is 19.3 Å². The lowest BCUT2D eigenvalue weighted by atomic mass is 10.00. The summed E-state index contributed by atoms with van der Waals surface area (Å²) in [5.74, 6) is 3.68. The first-order valence-corrected chi connectivity index (χ1v) is 11.0. The molecule has 0 bridgehead atoms. The minimum atomic E-state index is 0.446. The highest BCUT2D eigenvalue weighted by Gasteiger charge is 2.15. The van der Waals surface area contributed by atoms with Gasteiger partial charge in [0, 0.05) is 16.7 Å². The van der Waals surface area contributed by atoms with Crippen LogP contribution in [-0.2, 0) is 0 Å². The molecule has 3 heteroatoms. The summed E-state index contributed by atoms with van der Waals surface area (Å²) < 4.78 is 12.5. The quantitative estimate of drug-likeness (QED) is 0.352. The number of alkyl halides is 1. The molecule has 2 aromatic carbocycles. The summed E-state index contributed by atoms with van der Waals surface area (Å²) in [5, 5.41) is 2.26. The van der Waals surface area contributed by atoms with Gasteiger partial charge in [-0.3, -0.25) is 0 Å². The van der Waals surface area contributed by atoms with Gasteiger partial charge in [0.05, 0.1) is 13.2 Å². The maximum absolute atomic E-state index is 6.35. The molecule has 0 aliphatic heterocycles. The van der Waals surface area contributed by atoms with Crippen LogP contribution in [0.15, 0.2) is 30.3 Å². The first kappa shape index (κ1) is 21.9. The van der Waals surface area contributed by atoms with Crippen LogP contribution in [0.4, 0.5) is 0 Å². The summed E-state index contributed by atoms with van der Waals surface area (Å²) in [6.45, 7) is 10.3. The monoisotopic (exact) mass is 390 g/mol. The number of unbranched alkanes of at least 4 members (excludes halogenated alkanes) is 1. The molecule has 0 aliphatic rings. The van der Waals surface area contributed by atoms with Crippen LogP contribution >= 0.6 is 11.6 Å². The lowest BCUT2D eigenvalue weighted by Gasteiger charge is -2.20. The van der Waals surface area contributed by atoms with E-state index < -0.39 is 0 Å². The molecule has 0 fully saturated rings. The van der Waals surface area contributed by atoms with Crippen molar-refractivity contribution in [2.45, 2.75) is 59.8 Å². The molecule has 0 N–H and O–H groups in total. The fourth-order valence-electron chi connectivity index (χ4n) is 3.36. The van der Waals surface area contributed by atoms with Crippen molar-refractivity contribution in [1.29, 1.82) is 0 Å². The van der Waals surface area contributed by atoms with Crippen molar-refractivity contribution in [2.24, 2.45) is 11.8 Å². The second kappa shape index (κ2) is 11.4. The number of halogens is 1. The van der Waals surface area contributed by atoms with Gasteiger partial charge >= 0.3 is 0 Å². The highest BCUT2D eigenvalue weighted by Crippen LogP contribution is 2.37. The Bertz CT molecular complexity index is 698. The third-order valence-corrected chi connectivity index (χ3v) is 5.49. The summed E-state index contributed by atoms with van der Waals surface area (Å²) >= 11 is 5.85. The van der Waals surface area contributed by atoms with Gasteiger partial charge in [0.15, 0.2) is 0 Å². The molecule has 0 radical (unpaired) electrons. The molecule has 0 aromatic heterocycles. The van der Waals surface area contributed by atoms with Crippen LogP contribution in [0, 0.1) is 18.8 Å². The van der Waals surface area contributed by atoms with Gasteiger partial charge in [-0.2, -0.15) is 0 Å². The molecule has 0 saturated heterocycles. The van der Waals surface area contributed by atoms with Crippen molar-refractivity contribution in [3.63, 3.8) is 0 Å². The van der Waals surface area contributed by atoms with E-state index in [-0.39, 0.29) is 0 Å². The molecule has 27 heavy (non-hydrogen) atoms. The Morgan fingerprint density at radius 3 is 2.41 bits per heavy atom. The van der Waals surface area contributed by atoms with Crippen LogP contribution in [0.25, 0.3) is 10.8 Å². The van der Waals surface area contributed by atoms with Gasteiger partial charge in [-0.1, -0.05) is 64.3 Å². The molecule has 2 aromatic rings. The molecule has 0 aliphatic carbocycles. The Labute approximate surface area is 170 Å². The molecular formula is C24H35ClO2. The number of aryl methyl sites for hydroxylation is 1. The molecule has 0 spiro atoms. The lowest BCUT2D eigenvalue weighted by Crippen LogP contribution is -2.12. The summed E-state index contributed by atoms with van der Waals surface area (Å²) in [6.07, 6.45) is 5.89. The Kier molecular flexibility index (Phi) is 9.27. The Morgan fingerprint density at radius 2 is 1.74 bits per heavy atom. The highest BCUT2D eigenvalue weighted by atomic mass is 35.5. The summed E-state index contributed by atoms with van der Waals surface area (Å²) in [5.41, 5.74) is 1.14. The molecule has 2 atom stereocenters. The maximum atomic E-state index is 6.35. The van der Waals surface area contributed by atoms with Crippen molar-refractivity contribution in [3.05, 3.63) is 35.9 Å². The third kappa shape index (κ3) is 6.31. The molecule has 0 saturated carbocycles. The fourth-order valence-corrected chi connectivity index (χ4v) is 3.73. The zero-order valence-electron chi connectivity index (χ0n) is 17.4. The van der Waals surface area contributed by atoms with Crippen molar-refractivity contribution >= 4 is 22.4 Å². The van der Waals surface area contributed by atoms with Gasteiger partial charge in [0.25, 0.3) is 0 Å². The number of fused-ring (bicyclic) bond motifs is 1. The van der Waals surface area contributed by atoms with Crippen LogP contribution < -0.4 is 9.47 Å². The van der Waals surface area contributed by atoms with E-state index in [0.717, 1.165) is 47.3 Å². The number of hydrogen-bond acceptors (Lipinski definition) is 2. The fraction of sp³-hybridized carbons (Fsp3) is 0.583. The van der Waals surface area contributed by atoms with E-state index in [1.54, 1.807) is 0 Å². The Balaban J connectivity index is 2.20. The number of ether oxygens (including phenoxy) is 2. The van der Waals surface area contributed by atoms with Gasteiger partial charge in [0.2, 0.25) is 0 Å². The number of rotatable bonds is 12. The van der Waals surface area contributed by atoms with E-state index in [2.05, 4.69) is 58.0 Å². The topological polar surface area (TPSA) is 18.5 Å². The van der Waals surface area contributed by atoms with E-state index in [0.29, 0.717) is 24.3 Å². The highest BCUT2D eigenvalue weighted by molar-refractivity contribution is 6.17. The van der Waals surface area contributed by atoms with Gasteiger partial charge in [-0.05, 0) is 43.2 Å². The second-order valence-corrected chi connectivity index (χ2v) is 8.07. The van der Waals surface area contributed by atoms with Crippen LogP contribution in [0.5, 0.6) is 11.5 Å². The molecule has 0 heterocycles. The maximum Gasteiger partial charge on any atom is 0.130 e. The molecule has 150 valence electrons. The molecule has 2 rings (SSSR count). The first-order valence-electron chi connectivity index (χ1n) is 10.4. The average Bonchev–Trinajstić information content (AvgIpc) is 2.68. The average molecular weight is 391 g/mol. The second-order valence-electron chi connectivity index (χ2n) is 7.69. The van der Waals surface area contributed by atoms with E-state index in [9.17, 15) is 0 Å². The lowest BCUT2D eigenvalue weighted by molar-refractivity contribution is 0.233. The minimum absolute atomic E-state index is 0.446. The number of hydrogen-bond donors (Lipinski definition) is 0. The van der Waals surface area contributed by atoms with Gasteiger partial charge in [-0.25, -0.2) is 0 Å². The third-order valence-electron chi connectivity index (χ3n) is 5.27. The smallest absolute Gasteiger partial charge is 0.130 e. The van der Waals surface area contributed by atoms with Crippen molar-refractivity contribution in [3.8, 4) is 11.5 Å². The van der Waals surface area contributed by atoms with Crippen molar-refractivity contribution in [2.75, 3.05) is 19.1 Å². The number of benzene rings is 2. The first-order chi connectivity index (χ1) is 13.1. The minimum Gasteiger partial charge on any atom is -0.493 e. The van der Waals surface area contributed by atoms with Gasteiger partial charge < -0.3 is 9.47 Å². The summed E-state index contributed by atoms with van der Waals surface area (Å²) in [6, 6.07) is 10.5. The van der Waals surface area contributed by atoms with Crippen LogP contribution in [-0.4, -0.2) is 19.1 Å². The van der Waals surface area contributed by atoms with Crippen LogP contribution in [0.1, 0.15) is 58.4 Å². The Hall–Kier alpha value is -1.41. The largest absolute Gasteiger partial charge is 0.493 e. The van der Waals surface area contributed by atoms with Crippen molar-refractivity contribution in [1.82, 2.24) is 0 Å². The zero-order chi connectivity index (χ0) is 19.6. The molecule has 0 amide bonds. The molecule has 2 nitrogen and oxygen atoms in total. The zero-order valence-corrected chi connectivity index (χ0v) is 18.1. The SMILES string of the molecule is CCCCC(CC)COc1c(C)cc(OCC(C)CCCl)c2ccccc12. The normalized spacial score (nSPS) is 13.5. The summed E-state index contributed by atoms with van der Waals surface area (Å²) in [4.78, 5) is 0. The van der Waals surface area contributed by atoms with Crippen LogP contribution in [0.2, 0.25) is 0 Å². The predicted molar refractivity (Wildman–Crippen MR) is 117 cm³/mol. The molecular weight excluding hydrogens is 356 g/mol. The Morgan fingerprint density at radius 1 is 1.00 bits per heavy atom. The summed E-state index contributed by atoms with van der Waals surface area (Å²) in [7, 11) is 0. The predicted octanol–water partition coefficient (Wildman–Crippen LogP) is 7.39. The standard InChI is InChI=1S/C24H35ClO2/c1-5-7-10-20(6-2)17-27-24-19(4)15-23(26-16-18(3)13-14-25)21-11-8-9-12-22(21)24/h8-9,11-12,15,18,20H,5-7,10,13-14,16-17H2,1-4H3. The molecule has 2 unspecified atom stereocenters. The van der Waals surface area contributed by atoms with Gasteiger partial charge in [0.1, 0.15) is 11.5 Å². The van der Waals surface area contributed by atoms with E-state index >= 15 is 0 Å². The van der Waals surface area contributed by atoms with Gasteiger partial charge in [-0.15, -0.1) is 11.6 Å².